The molecular weight excluding hydrogens is 424 g/mol. The van der Waals surface area contributed by atoms with E-state index in [1.54, 1.807) is 27.4 Å². The Hall–Kier alpha value is -4.01. The molecule has 170 valence electrons. The van der Waals surface area contributed by atoms with E-state index in [1.165, 1.54) is 0 Å². The molecule has 2 aliphatic rings. The summed E-state index contributed by atoms with van der Waals surface area (Å²) in [5, 5.41) is 14.6. The lowest BCUT2D eigenvalue weighted by Gasteiger charge is -2.30. The number of carbonyl (C=O) groups excluding carboxylic acids is 1. The molecule has 2 N–H and O–H groups in total. The second kappa shape index (κ2) is 8.50. The predicted octanol–water partition coefficient (Wildman–Crippen LogP) is 4.07. The lowest BCUT2D eigenvalue weighted by atomic mass is 9.78. The zero-order valence-electron chi connectivity index (χ0n) is 18.5. The number of ether oxygens (including phenoxy) is 3. The monoisotopic (exact) mass is 448 g/mol. The van der Waals surface area contributed by atoms with Crippen LogP contribution in [0.2, 0.25) is 0 Å². The molecule has 0 amide bonds. The quantitative estimate of drug-likeness (QED) is 0.597. The molecule has 0 saturated heterocycles. The van der Waals surface area contributed by atoms with Crippen molar-refractivity contribution in [2.24, 2.45) is 0 Å². The van der Waals surface area contributed by atoms with Gasteiger partial charge in [-0.3, -0.25) is 4.79 Å². The van der Waals surface area contributed by atoms with Crippen LogP contribution in [0.15, 0.2) is 58.4 Å². The predicted molar refractivity (Wildman–Crippen MR) is 121 cm³/mol. The molecule has 0 saturated carbocycles. The highest BCUT2D eigenvalue weighted by atomic mass is 16.6. The van der Waals surface area contributed by atoms with Crippen molar-refractivity contribution < 1.29 is 23.6 Å². The average Bonchev–Trinajstić information content (AvgIpc) is 3.22. The maximum absolute atomic E-state index is 13.6. The number of aromatic nitrogens is 2. The largest absolute Gasteiger partial charge is 0.493 e. The average molecular weight is 448 g/mol. The number of benzene rings is 2. The first-order valence-electron chi connectivity index (χ1n) is 10.6. The standard InChI is InChI=1S/C24H24N4O5/c1-30-18-10-9-15(21(31-2)22(18)32-3)20-19-16(25-23-24(26-20)28-33-27-23)11-14(12-17(19)29)13-7-5-4-6-8-13/h4-10,14,20H,11-12H2,1-3H3,(H,25,27)(H,26,28). The lowest BCUT2D eigenvalue weighted by Crippen LogP contribution is -2.27. The Labute approximate surface area is 190 Å². The molecular formula is C24H24N4O5. The Bertz CT molecular complexity index is 1220. The number of ketones is 1. The first-order chi connectivity index (χ1) is 16.1. The van der Waals surface area contributed by atoms with E-state index in [-0.39, 0.29) is 11.7 Å². The van der Waals surface area contributed by atoms with Gasteiger partial charge in [-0.2, -0.15) is 0 Å². The molecule has 5 rings (SSSR count). The van der Waals surface area contributed by atoms with Gasteiger partial charge in [-0.1, -0.05) is 30.3 Å². The maximum atomic E-state index is 13.6. The summed E-state index contributed by atoms with van der Waals surface area (Å²) in [5.41, 5.74) is 3.23. The third kappa shape index (κ3) is 3.55. The van der Waals surface area contributed by atoms with Crippen LogP contribution in [-0.2, 0) is 4.79 Å². The van der Waals surface area contributed by atoms with Crippen LogP contribution in [0.25, 0.3) is 0 Å². The van der Waals surface area contributed by atoms with Crippen LogP contribution in [0.3, 0.4) is 0 Å². The highest BCUT2D eigenvalue weighted by Gasteiger charge is 2.39. The summed E-state index contributed by atoms with van der Waals surface area (Å²) in [6, 6.07) is 13.1. The van der Waals surface area contributed by atoms with Gasteiger partial charge >= 0.3 is 0 Å². The maximum Gasteiger partial charge on any atom is 0.219 e. The first kappa shape index (κ1) is 20.9. The SMILES string of the molecule is COc1ccc(C2Nc3nonc3NC3=C2C(=O)CC(c2ccccc2)C3)c(OC)c1OC. The van der Waals surface area contributed by atoms with Gasteiger partial charge in [-0.05, 0) is 40.3 Å². The molecule has 0 bridgehead atoms. The number of carbonyl (C=O) groups is 1. The number of rotatable bonds is 5. The van der Waals surface area contributed by atoms with E-state index in [0.717, 1.165) is 11.3 Å². The zero-order valence-corrected chi connectivity index (χ0v) is 18.5. The van der Waals surface area contributed by atoms with Crippen molar-refractivity contribution in [2.75, 3.05) is 32.0 Å². The summed E-state index contributed by atoms with van der Waals surface area (Å²) in [6.45, 7) is 0. The fourth-order valence-electron chi connectivity index (χ4n) is 4.65. The Morgan fingerprint density at radius 2 is 1.67 bits per heavy atom. The highest BCUT2D eigenvalue weighted by Crippen LogP contribution is 2.48. The Balaban J connectivity index is 1.65. The number of methoxy groups -OCH3 is 3. The summed E-state index contributed by atoms with van der Waals surface area (Å²) in [6.07, 6.45) is 1.04. The van der Waals surface area contributed by atoms with Crippen molar-refractivity contribution in [1.82, 2.24) is 10.3 Å². The van der Waals surface area contributed by atoms with Crippen molar-refractivity contribution in [2.45, 2.75) is 24.8 Å². The summed E-state index contributed by atoms with van der Waals surface area (Å²) in [5.74, 6) is 2.39. The van der Waals surface area contributed by atoms with Gasteiger partial charge < -0.3 is 24.8 Å². The molecule has 2 unspecified atom stereocenters. The third-order valence-electron chi connectivity index (χ3n) is 6.15. The van der Waals surface area contributed by atoms with Gasteiger partial charge in [0, 0.05) is 23.3 Å². The number of hydrogen-bond donors (Lipinski definition) is 2. The molecule has 0 spiro atoms. The summed E-state index contributed by atoms with van der Waals surface area (Å²) in [4.78, 5) is 13.6. The fourth-order valence-corrected chi connectivity index (χ4v) is 4.65. The summed E-state index contributed by atoms with van der Waals surface area (Å²) < 4.78 is 21.7. The molecule has 1 aliphatic heterocycles. The van der Waals surface area contributed by atoms with E-state index in [9.17, 15) is 4.79 Å². The van der Waals surface area contributed by atoms with Gasteiger partial charge in [-0.25, -0.2) is 4.63 Å². The Morgan fingerprint density at radius 1 is 0.909 bits per heavy atom. The number of fused-ring (bicyclic) bond motifs is 1. The number of allylic oxidation sites excluding steroid dienone is 1. The number of nitrogens with one attached hydrogen (secondary N) is 2. The van der Waals surface area contributed by atoms with Crippen LogP contribution in [0, 0.1) is 0 Å². The molecule has 0 fully saturated rings. The number of hydrogen-bond acceptors (Lipinski definition) is 9. The lowest BCUT2D eigenvalue weighted by molar-refractivity contribution is -0.116. The van der Waals surface area contributed by atoms with Crippen LogP contribution in [0.4, 0.5) is 11.6 Å². The number of Topliss-reactive ketones (excluding diaryl/α,β-unsaturated/α-hetero) is 1. The third-order valence-corrected chi connectivity index (χ3v) is 6.15. The molecule has 2 atom stereocenters. The first-order valence-corrected chi connectivity index (χ1v) is 10.6. The minimum absolute atomic E-state index is 0.0361. The second-order valence-corrected chi connectivity index (χ2v) is 7.92. The normalized spacial score (nSPS) is 19.5. The minimum atomic E-state index is -0.556. The van der Waals surface area contributed by atoms with Crippen LogP contribution < -0.4 is 24.8 Å². The minimum Gasteiger partial charge on any atom is -0.493 e. The zero-order chi connectivity index (χ0) is 22.9. The van der Waals surface area contributed by atoms with E-state index < -0.39 is 6.04 Å². The molecule has 9 nitrogen and oxygen atoms in total. The van der Waals surface area contributed by atoms with Gasteiger partial charge in [0.25, 0.3) is 0 Å². The van der Waals surface area contributed by atoms with Crippen molar-refractivity contribution in [3.8, 4) is 17.2 Å². The van der Waals surface area contributed by atoms with Gasteiger partial charge in [0.15, 0.2) is 17.3 Å². The summed E-state index contributed by atoms with van der Waals surface area (Å²) >= 11 is 0. The van der Waals surface area contributed by atoms with Crippen molar-refractivity contribution in [1.29, 1.82) is 0 Å². The molecule has 9 heteroatoms. The highest BCUT2D eigenvalue weighted by molar-refractivity contribution is 6.01. The number of nitrogens with zero attached hydrogens (tertiary/aromatic N) is 2. The number of anilines is 2. The van der Waals surface area contributed by atoms with Crippen LogP contribution in [-0.4, -0.2) is 37.4 Å². The molecule has 3 aromatic rings. The molecule has 1 aliphatic carbocycles. The molecule has 2 heterocycles. The van der Waals surface area contributed by atoms with Crippen LogP contribution in [0.5, 0.6) is 17.2 Å². The van der Waals surface area contributed by atoms with E-state index in [4.69, 9.17) is 18.8 Å². The van der Waals surface area contributed by atoms with E-state index in [0.29, 0.717) is 52.9 Å². The van der Waals surface area contributed by atoms with Gasteiger partial charge in [-0.15, -0.1) is 0 Å². The topological polar surface area (TPSA) is 108 Å². The van der Waals surface area contributed by atoms with Gasteiger partial charge in [0.05, 0.1) is 27.4 Å². The van der Waals surface area contributed by atoms with Crippen LogP contribution in [0.1, 0.15) is 35.9 Å². The smallest absolute Gasteiger partial charge is 0.219 e. The fraction of sp³-hybridized carbons (Fsp3) is 0.292. The molecule has 2 aromatic carbocycles. The van der Waals surface area contributed by atoms with Crippen molar-refractivity contribution in [3.05, 3.63) is 64.9 Å². The Morgan fingerprint density at radius 3 is 2.39 bits per heavy atom. The van der Waals surface area contributed by atoms with E-state index in [1.807, 2.05) is 24.3 Å². The van der Waals surface area contributed by atoms with Crippen molar-refractivity contribution >= 4 is 17.4 Å². The van der Waals surface area contributed by atoms with Gasteiger partial charge in [0.1, 0.15) is 0 Å². The van der Waals surface area contributed by atoms with E-state index in [2.05, 4.69) is 33.1 Å². The molecule has 1 aromatic heterocycles. The van der Waals surface area contributed by atoms with Crippen molar-refractivity contribution in [3.63, 3.8) is 0 Å². The van der Waals surface area contributed by atoms with E-state index >= 15 is 0 Å². The molecule has 33 heavy (non-hydrogen) atoms. The second-order valence-electron chi connectivity index (χ2n) is 7.92. The molecule has 0 radical (unpaired) electrons. The summed E-state index contributed by atoms with van der Waals surface area (Å²) in [7, 11) is 4.67. The Kier molecular flexibility index (Phi) is 5.37. The van der Waals surface area contributed by atoms with Crippen LogP contribution >= 0.6 is 0 Å². The van der Waals surface area contributed by atoms with Gasteiger partial charge in [0.2, 0.25) is 17.4 Å².